The SMILES string of the molecule is O=C(O)CCCCCOc1ccccc1Cn1c(-c2ccc(OC(F)(F)F)cc2)nc2ccccc21. The van der Waals surface area contributed by atoms with E-state index in [-0.39, 0.29) is 12.2 Å². The molecular weight excluding hydrogens is 473 g/mol. The van der Waals surface area contributed by atoms with Gasteiger partial charge in [0.25, 0.3) is 0 Å². The van der Waals surface area contributed by atoms with Gasteiger partial charge in [0, 0.05) is 17.5 Å². The molecule has 0 bridgehead atoms. The zero-order chi connectivity index (χ0) is 25.5. The Kier molecular flexibility index (Phi) is 7.77. The van der Waals surface area contributed by atoms with E-state index in [9.17, 15) is 18.0 Å². The molecule has 36 heavy (non-hydrogen) atoms. The monoisotopic (exact) mass is 498 g/mol. The van der Waals surface area contributed by atoms with E-state index < -0.39 is 12.3 Å². The number of hydrogen-bond donors (Lipinski definition) is 1. The Balaban J connectivity index is 1.57. The third-order valence-electron chi connectivity index (χ3n) is 5.59. The van der Waals surface area contributed by atoms with Gasteiger partial charge in [-0.15, -0.1) is 13.2 Å². The zero-order valence-electron chi connectivity index (χ0n) is 19.4. The zero-order valence-corrected chi connectivity index (χ0v) is 19.4. The molecule has 6 nitrogen and oxygen atoms in total. The Hall–Kier alpha value is -4.01. The van der Waals surface area contributed by atoms with Crippen molar-refractivity contribution in [2.45, 2.75) is 38.6 Å². The summed E-state index contributed by atoms with van der Waals surface area (Å²) in [6, 6.07) is 20.9. The molecule has 0 unspecified atom stereocenters. The minimum absolute atomic E-state index is 0.149. The first-order valence-electron chi connectivity index (χ1n) is 11.5. The molecule has 9 heteroatoms. The third-order valence-corrected chi connectivity index (χ3v) is 5.59. The first kappa shape index (κ1) is 25.1. The van der Waals surface area contributed by atoms with Crippen LogP contribution in [-0.4, -0.2) is 33.6 Å². The number of rotatable bonds is 11. The Morgan fingerprint density at radius 1 is 0.917 bits per heavy atom. The molecule has 4 rings (SSSR count). The number of para-hydroxylation sites is 3. The van der Waals surface area contributed by atoms with E-state index >= 15 is 0 Å². The quantitative estimate of drug-likeness (QED) is 0.234. The highest BCUT2D eigenvalue weighted by atomic mass is 19.4. The lowest BCUT2D eigenvalue weighted by Gasteiger charge is -2.15. The largest absolute Gasteiger partial charge is 0.573 e. The lowest BCUT2D eigenvalue weighted by atomic mass is 10.1. The fourth-order valence-electron chi connectivity index (χ4n) is 3.94. The molecule has 0 aliphatic heterocycles. The number of alkyl halides is 3. The minimum Gasteiger partial charge on any atom is -0.493 e. The van der Waals surface area contributed by atoms with Crippen molar-refractivity contribution in [1.29, 1.82) is 0 Å². The number of carboxylic acids is 1. The van der Waals surface area contributed by atoms with E-state index in [0.29, 0.717) is 36.7 Å². The van der Waals surface area contributed by atoms with Crippen molar-refractivity contribution in [3.63, 3.8) is 0 Å². The topological polar surface area (TPSA) is 73.6 Å². The van der Waals surface area contributed by atoms with Crippen LogP contribution < -0.4 is 9.47 Å². The van der Waals surface area contributed by atoms with Gasteiger partial charge in [0.05, 0.1) is 24.2 Å². The molecule has 1 N–H and O–H groups in total. The van der Waals surface area contributed by atoms with Crippen LogP contribution in [0.2, 0.25) is 0 Å². The summed E-state index contributed by atoms with van der Waals surface area (Å²) in [6.07, 6.45) is -2.49. The normalized spacial score (nSPS) is 11.5. The molecule has 0 saturated carbocycles. The Morgan fingerprint density at radius 2 is 1.64 bits per heavy atom. The van der Waals surface area contributed by atoms with Gasteiger partial charge in [-0.2, -0.15) is 0 Å². The number of fused-ring (bicyclic) bond motifs is 1. The molecule has 0 aliphatic rings. The van der Waals surface area contributed by atoms with E-state index in [1.54, 1.807) is 12.1 Å². The van der Waals surface area contributed by atoms with Gasteiger partial charge < -0.3 is 19.1 Å². The summed E-state index contributed by atoms with van der Waals surface area (Å²) in [4.78, 5) is 15.4. The highest BCUT2D eigenvalue weighted by molar-refractivity contribution is 5.81. The van der Waals surface area contributed by atoms with Crippen molar-refractivity contribution in [1.82, 2.24) is 9.55 Å². The van der Waals surface area contributed by atoms with Gasteiger partial charge in [-0.1, -0.05) is 30.3 Å². The van der Waals surface area contributed by atoms with Crippen LogP contribution in [-0.2, 0) is 11.3 Å². The average molecular weight is 499 g/mol. The number of aromatic nitrogens is 2. The summed E-state index contributed by atoms with van der Waals surface area (Å²) in [7, 11) is 0. The number of benzene rings is 3. The highest BCUT2D eigenvalue weighted by Crippen LogP contribution is 2.30. The fourth-order valence-corrected chi connectivity index (χ4v) is 3.94. The molecule has 188 valence electrons. The molecule has 1 heterocycles. The van der Waals surface area contributed by atoms with E-state index in [4.69, 9.17) is 14.8 Å². The summed E-state index contributed by atoms with van der Waals surface area (Å²) in [6.45, 7) is 0.903. The Labute approximate surface area is 205 Å². The Bertz CT molecular complexity index is 1320. The number of nitrogens with zero attached hydrogens (tertiary/aromatic N) is 2. The fraction of sp³-hybridized carbons (Fsp3) is 0.259. The summed E-state index contributed by atoms with van der Waals surface area (Å²) in [5.41, 5.74) is 3.22. The van der Waals surface area contributed by atoms with Crippen LogP contribution >= 0.6 is 0 Å². The number of ether oxygens (including phenoxy) is 2. The predicted molar refractivity (Wildman–Crippen MR) is 129 cm³/mol. The van der Waals surface area contributed by atoms with Gasteiger partial charge in [0.1, 0.15) is 17.3 Å². The second-order valence-electron chi connectivity index (χ2n) is 8.24. The van der Waals surface area contributed by atoms with E-state index in [1.807, 2.05) is 53.1 Å². The van der Waals surface area contributed by atoms with Gasteiger partial charge in [0.15, 0.2) is 0 Å². The molecule has 3 aromatic carbocycles. The molecule has 0 fully saturated rings. The molecule has 0 aliphatic carbocycles. The first-order chi connectivity index (χ1) is 17.3. The standard InChI is InChI=1S/C27H25F3N2O4/c28-27(29,30)36-21-15-13-19(14-16-21)26-31-22-9-4-5-10-23(22)32(26)18-20-8-3-6-11-24(20)35-17-7-1-2-12-25(33)34/h3-6,8-11,13-16H,1-2,7,12,17-18H2,(H,33,34). The van der Waals surface area contributed by atoms with E-state index in [2.05, 4.69) is 4.74 Å². The van der Waals surface area contributed by atoms with Crippen molar-refractivity contribution in [2.75, 3.05) is 6.61 Å². The predicted octanol–water partition coefficient (Wildman–Crippen LogP) is 6.67. The highest BCUT2D eigenvalue weighted by Gasteiger charge is 2.31. The second-order valence-corrected chi connectivity index (χ2v) is 8.24. The summed E-state index contributed by atoms with van der Waals surface area (Å²) in [5, 5.41) is 8.76. The van der Waals surface area contributed by atoms with Crippen LogP contribution in [0.25, 0.3) is 22.4 Å². The van der Waals surface area contributed by atoms with Crippen LogP contribution in [0, 0.1) is 0 Å². The van der Waals surface area contributed by atoms with E-state index in [0.717, 1.165) is 29.4 Å². The Morgan fingerprint density at radius 3 is 2.39 bits per heavy atom. The van der Waals surface area contributed by atoms with Crippen LogP contribution in [0.5, 0.6) is 11.5 Å². The molecule has 0 atom stereocenters. The summed E-state index contributed by atoms with van der Waals surface area (Å²) in [5.74, 6) is 0.231. The van der Waals surface area contributed by atoms with Crippen LogP contribution in [0.4, 0.5) is 13.2 Å². The molecule has 1 aromatic heterocycles. The van der Waals surface area contributed by atoms with Crippen molar-refractivity contribution in [2.24, 2.45) is 0 Å². The van der Waals surface area contributed by atoms with Crippen molar-refractivity contribution >= 4 is 17.0 Å². The third kappa shape index (κ3) is 6.56. The maximum atomic E-state index is 12.6. The smallest absolute Gasteiger partial charge is 0.493 e. The number of unbranched alkanes of at least 4 members (excludes halogenated alkanes) is 2. The van der Waals surface area contributed by atoms with Gasteiger partial charge in [-0.3, -0.25) is 4.79 Å². The van der Waals surface area contributed by atoms with Crippen LogP contribution in [0.15, 0.2) is 72.8 Å². The number of carboxylic acid groups (broad SMARTS) is 1. The summed E-state index contributed by atoms with van der Waals surface area (Å²) >= 11 is 0. The van der Waals surface area contributed by atoms with Crippen LogP contribution in [0.1, 0.15) is 31.2 Å². The molecule has 0 radical (unpaired) electrons. The van der Waals surface area contributed by atoms with Gasteiger partial charge in [0.2, 0.25) is 0 Å². The maximum absolute atomic E-state index is 12.6. The van der Waals surface area contributed by atoms with Gasteiger partial charge >= 0.3 is 12.3 Å². The van der Waals surface area contributed by atoms with Gasteiger partial charge in [-0.25, -0.2) is 4.98 Å². The minimum atomic E-state index is -4.76. The molecule has 4 aromatic rings. The van der Waals surface area contributed by atoms with E-state index in [1.165, 1.54) is 12.1 Å². The van der Waals surface area contributed by atoms with Crippen molar-refractivity contribution < 1.29 is 32.5 Å². The van der Waals surface area contributed by atoms with Gasteiger partial charge in [-0.05, 0) is 61.7 Å². The molecular formula is C27H25F3N2O4. The lowest BCUT2D eigenvalue weighted by Crippen LogP contribution is -2.17. The summed E-state index contributed by atoms with van der Waals surface area (Å²) < 4.78 is 49.7. The number of aliphatic carboxylic acids is 1. The number of carbonyl (C=O) groups is 1. The second kappa shape index (κ2) is 11.2. The lowest BCUT2D eigenvalue weighted by molar-refractivity contribution is -0.274. The number of imidazole rings is 1. The molecule has 0 saturated heterocycles. The van der Waals surface area contributed by atoms with Crippen molar-refractivity contribution in [3.05, 3.63) is 78.4 Å². The average Bonchev–Trinajstić information content (AvgIpc) is 3.20. The molecule has 0 spiro atoms. The van der Waals surface area contributed by atoms with Crippen LogP contribution in [0.3, 0.4) is 0 Å². The number of halogens is 3. The molecule has 0 amide bonds. The maximum Gasteiger partial charge on any atom is 0.573 e. The van der Waals surface area contributed by atoms with Crippen molar-refractivity contribution in [3.8, 4) is 22.9 Å². The first-order valence-corrected chi connectivity index (χ1v) is 11.5. The number of hydrogen-bond acceptors (Lipinski definition) is 4.